The summed E-state index contributed by atoms with van der Waals surface area (Å²) in [6.07, 6.45) is 4.95. The van der Waals surface area contributed by atoms with Crippen LogP contribution in [0.5, 0.6) is 5.75 Å². The van der Waals surface area contributed by atoms with Crippen LogP contribution in [0.15, 0.2) is 30.6 Å². The van der Waals surface area contributed by atoms with Gasteiger partial charge in [-0.2, -0.15) is 0 Å². The average molecular weight is 411 g/mol. The van der Waals surface area contributed by atoms with Gasteiger partial charge in [0.25, 0.3) is 5.91 Å². The van der Waals surface area contributed by atoms with E-state index in [2.05, 4.69) is 46.5 Å². The minimum atomic E-state index is -0.288. The predicted molar refractivity (Wildman–Crippen MR) is 117 cm³/mol. The summed E-state index contributed by atoms with van der Waals surface area (Å²) in [5.74, 6) is 1.53. The van der Waals surface area contributed by atoms with Gasteiger partial charge in [-0.1, -0.05) is 20.8 Å². The number of nitrogens with two attached hydrogens (primary N) is 1. The first-order valence-electron chi connectivity index (χ1n) is 10.3. The van der Waals surface area contributed by atoms with E-state index in [1.165, 1.54) is 12.7 Å². The Morgan fingerprint density at radius 1 is 1.20 bits per heavy atom. The molecule has 8 heteroatoms. The number of fused-ring (bicyclic) bond motifs is 2. The molecule has 1 saturated heterocycles. The van der Waals surface area contributed by atoms with Gasteiger partial charge in [0.2, 0.25) is 0 Å². The van der Waals surface area contributed by atoms with Gasteiger partial charge in [0.05, 0.1) is 7.11 Å². The van der Waals surface area contributed by atoms with Gasteiger partial charge in [0.1, 0.15) is 17.8 Å². The lowest BCUT2D eigenvalue weighted by molar-refractivity contribution is 0.0962. The third-order valence-electron chi connectivity index (χ3n) is 6.20. The molecule has 2 unspecified atom stereocenters. The highest BCUT2D eigenvalue weighted by molar-refractivity contribution is 5.95. The second-order valence-electron chi connectivity index (χ2n) is 9.61. The number of ether oxygens (including phenoxy) is 1. The Morgan fingerprint density at radius 3 is 2.63 bits per heavy atom. The van der Waals surface area contributed by atoms with Crippen LogP contribution in [0.3, 0.4) is 0 Å². The Morgan fingerprint density at radius 2 is 1.93 bits per heavy atom. The molecule has 1 aliphatic carbocycles. The quantitative estimate of drug-likeness (QED) is 0.650. The van der Waals surface area contributed by atoms with Gasteiger partial charge in [-0.3, -0.25) is 15.6 Å². The van der Waals surface area contributed by atoms with Crippen LogP contribution in [0.25, 0.3) is 0 Å². The number of amides is 1. The molecule has 30 heavy (non-hydrogen) atoms. The number of carbonyl (C=O) groups excluding carboxylic acids is 1. The first-order chi connectivity index (χ1) is 14.2. The van der Waals surface area contributed by atoms with Gasteiger partial charge in [-0.15, -0.1) is 0 Å². The van der Waals surface area contributed by atoms with Gasteiger partial charge >= 0.3 is 0 Å². The summed E-state index contributed by atoms with van der Waals surface area (Å²) in [7, 11) is 1.58. The SMILES string of the molecule is COc1ccc(C(=O)NNc2ncnc(N3CC4(C)CC3CC(C)(C)C4)c2N)cc1. The maximum atomic E-state index is 12.4. The van der Waals surface area contributed by atoms with Crippen LogP contribution >= 0.6 is 0 Å². The number of nitrogens with one attached hydrogen (secondary N) is 2. The Hall–Kier alpha value is -3.03. The van der Waals surface area contributed by atoms with E-state index in [1.54, 1.807) is 31.4 Å². The van der Waals surface area contributed by atoms with Crippen molar-refractivity contribution in [1.29, 1.82) is 0 Å². The van der Waals surface area contributed by atoms with Gasteiger partial charge in [0, 0.05) is 18.2 Å². The highest BCUT2D eigenvalue weighted by Gasteiger charge is 2.50. The fourth-order valence-electron chi connectivity index (χ4n) is 5.35. The van der Waals surface area contributed by atoms with Crippen molar-refractivity contribution in [2.45, 2.75) is 46.1 Å². The van der Waals surface area contributed by atoms with Crippen molar-refractivity contribution in [3.05, 3.63) is 36.2 Å². The average Bonchev–Trinajstić information content (AvgIpc) is 2.95. The molecule has 2 aromatic rings. The smallest absolute Gasteiger partial charge is 0.269 e. The molecule has 0 spiro atoms. The van der Waals surface area contributed by atoms with E-state index in [0.29, 0.717) is 34.3 Å². The normalized spacial score (nSPS) is 24.4. The van der Waals surface area contributed by atoms with Crippen LogP contribution in [0, 0.1) is 10.8 Å². The highest BCUT2D eigenvalue weighted by Crippen LogP contribution is 2.53. The van der Waals surface area contributed by atoms with E-state index in [4.69, 9.17) is 10.5 Å². The number of carbonyl (C=O) groups is 1. The van der Waals surface area contributed by atoms with Crippen molar-refractivity contribution in [2.75, 3.05) is 29.7 Å². The number of hydrogen-bond acceptors (Lipinski definition) is 7. The van der Waals surface area contributed by atoms with E-state index in [1.807, 2.05) is 0 Å². The minimum absolute atomic E-state index is 0.264. The van der Waals surface area contributed by atoms with Gasteiger partial charge in [-0.25, -0.2) is 9.97 Å². The number of benzene rings is 1. The molecule has 1 aliphatic heterocycles. The molecule has 1 aromatic carbocycles. The minimum Gasteiger partial charge on any atom is -0.497 e. The number of methoxy groups -OCH3 is 1. The van der Waals surface area contributed by atoms with E-state index in [9.17, 15) is 4.79 Å². The van der Waals surface area contributed by atoms with Crippen molar-refractivity contribution in [3.63, 3.8) is 0 Å². The maximum Gasteiger partial charge on any atom is 0.269 e. The third kappa shape index (κ3) is 3.86. The summed E-state index contributed by atoms with van der Waals surface area (Å²) >= 11 is 0. The van der Waals surface area contributed by atoms with Crippen molar-refractivity contribution in [2.24, 2.45) is 10.8 Å². The summed E-state index contributed by atoms with van der Waals surface area (Å²) in [5, 5.41) is 0. The summed E-state index contributed by atoms with van der Waals surface area (Å²) in [5.41, 5.74) is 13.5. The molecule has 2 aliphatic rings. The first-order valence-corrected chi connectivity index (χ1v) is 10.3. The molecular formula is C22H30N6O2. The van der Waals surface area contributed by atoms with E-state index in [0.717, 1.165) is 25.2 Å². The lowest BCUT2D eigenvalue weighted by atomic mass is 9.65. The number of aromatic nitrogens is 2. The Bertz CT molecular complexity index is 945. The number of anilines is 3. The fourth-order valence-corrected chi connectivity index (χ4v) is 5.35. The van der Waals surface area contributed by atoms with Crippen molar-refractivity contribution in [3.8, 4) is 5.75 Å². The summed E-state index contributed by atoms with van der Waals surface area (Å²) in [4.78, 5) is 23.5. The number of rotatable bonds is 5. The Balaban J connectivity index is 1.49. The van der Waals surface area contributed by atoms with Crippen LogP contribution in [0.4, 0.5) is 17.3 Å². The monoisotopic (exact) mass is 410 g/mol. The van der Waals surface area contributed by atoms with Crippen molar-refractivity contribution >= 4 is 23.2 Å². The van der Waals surface area contributed by atoms with Crippen LogP contribution < -0.4 is 26.2 Å². The molecule has 1 saturated carbocycles. The second-order valence-corrected chi connectivity index (χ2v) is 9.61. The lowest BCUT2D eigenvalue weighted by Crippen LogP contribution is -2.35. The summed E-state index contributed by atoms with van der Waals surface area (Å²) in [6.45, 7) is 7.96. The standard InChI is InChI=1S/C22H30N6O2/c1-21(2)9-15-10-22(3,11-21)12-28(15)19-17(23)18(24-13-25-19)26-27-20(29)14-5-7-16(30-4)8-6-14/h5-8,13,15H,9-12,23H2,1-4H3,(H,27,29)(H,24,25,26). The third-order valence-corrected chi connectivity index (χ3v) is 6.20. The Labute approximate surface area is 177 Å². The lowest BCUT2D eigenvalue weighted by Gasteiger charge is -2.39. The van der Waals surface area contributed by atoms with Gasteiger partial charge < -0.3 is 15.4 Å². The summed E-state index contributed by atoms with van der Waals surface area (Å²) in [6, 6.07) is 7.27. The predicted octanol–water partition coefficient (Wildman–Crippen LogP) is 3.23. The molecule has 1 aromatic heterocycles. The van der Waals surface area contributed by atoms with E-state index in [-0.39, 0.29) is 11.3 Å². The van der Waals surface area contributed by atoms with E-state index < -0.39 is 0 Å². The van der Waals surface area contributed by atoms with Crippen LogP contribution in [0.2, 0.25) is 0 Å². The van der Waals surface area contributed by atoms with Crippen LogP contribution in [-0.4, -0.2) is 35.6 Å². The molecule has 2 bridgehead atoms. The molecule has 160 valence electrons. The molecule has 2 fully saturated rings. The number of nitrogen functional groups attached to an aromatic ring is 1. The molecule has 8 nitrogen and oxygen atoms in total. The zero-order valence-electron chi connectivity index (χ0n) is 18.0. The maximum absolute atomic E-state index is 12.4. The fraction of sp³-hybridized carbons (Fsp3) is 0.500. The second kappa shape index (κ2) is 7.34. The molecule has 2 atom stereocenters. The largest absolute Gasteiger partial charge is 0.497 e. The molecule has 0 radical (unpaired) electrons. The molecule has 2 heterocycles. The molecular weight excluding hydrogens is 380 g/mol. The van der Waals surface area contributed by atoms with Gasteiger partial charge in [0.15, 0.2) is 11.6 Å². The van der Waals surface area contributed by atoms with Crippen LogP contribution in [0.1, 0.15) is 50.4 Å². The van der Waals surface area contributed by atoms with E-state index >= 15 is 0 Å². The molecule has 1 amide bonds. The zero-order chi connectivity index (χ0) is 21.5. The van der Waals surface area contributed by atoms with Crippen molar-refractivity contribution in [1.82, 2.24) is 15.4 Å². The number of nitrogens with zero attached hydrogens (tertiary/aromatic N) is 3. The molecule has 4 N–H and O–H groups in total. The Kier molecular flexibility index (Phi) is 4.95. The zero-order valence-corrected chi connectivity index (χ0v) is 18.0. The highest BCUT2D eigenvalue weighted by atomic mass is 16.5. The van der Waals surface area contributed by atoms with Crippen molar-refractivity contribution < 1.29 is 9.53 Å². The number of hydrazine groups is 1. The first kappa shape index (κ1) is 20.3. The summed E-state index contributed by atoms with van der Waals surface area (Å²) < 4.78 is 5.12. The topological polar surface area (TPSA) is 105 Å². The van der Waals surface area contributed by atoms with Gasteiger partial charge in [-0.05, 0) is 54.4 Å². The van der Waals surface area contributed by atoms with Crippen LogP contribution in [-0.2, 0) is 0 Å². The number of hydrogen-bond donors (Lipinski definition) is 3. The molecule has 4 rings (SSSR count).